The summed E-state index contributed by atoms with van der Waals surface area (Å²) in [4.78, 5) is 20.9. The first-order valence-electron chi connectivity index (χ1n) is 10.3. The molecule has 0 fully saturated rings. The van der Waals surface area contributed by atoms with Gasteiger partial charge in [-0.2, -0.15) is 0 Å². The summed E-state index contributed by atoms with van der Waals surface area (Å²) in [5.41, 5.74) is 2.55. The molecule has 0 bridgehead atoms. The normalized spacial score (nSPS) is 11.0. The SMILES string of the molecule is CNS(=O)(=O)c1cccc(Nc2cc(Nc3ccc(C(=O)Nc4ccccc4)cc3)ncn2)c1. The monoisotopic (exact) mass is 474 g/mol. The third kappa shape index (κ3) is 5.74. The van der Waals surface area contributed by atoms with Crippen molar-refractivity contribution in [2.45, 2.75) is 4.90 Å². The molecule has 9 nitrogen and oxygen atoms in total. The maximum Gasteiger partial charge on any atom is 0.255 e. The molecular formula is C24H22N6O3S. The van der Waals surface area contributed by atoms with Crippen LogP contribution in [-0.4, -0.2) is 31.3 Å². The van der Waals surface area contributed by atoms with E-state index in [4.69, 9.17) is 0 Å². The van der Waals surface area contributed by atoms with Crippen LogP contribution in [0.3, 0.4) is 0 Å². The molecule has 4 aromatic rings. The van der Waals surface area contributed by atoms with Gasteiger partial charge in [-0.05, 0) is 61.6 Å². The van der Waals surface area contributed by atoms with Crippen molar-refractivity contribution in [3.63, 3.8) is 0 Å². The van der Waals surface area contributed by atoms with Crippen LogP contribution in [0.25, 0.3) is 0 Å². The van der Waals surface area contributed by atoms with E-state index in [1.54, 1.807) is 42.5 Å². The van der Waals surface area contributed by atoms with Crippen molar-refractivity contribution < 1.29 is 13.2 Å². The first-order valence-corrected chi connectivity index (χ1v) is 11.8. The number of hydrogen-bond donors (Lipinski definition) is 4. The number of sulfonamides is 1. The summed E-state index contributed by atoms with van der Waals surface area (Å²) in [6.45, 7) is 0. The van der Waals surface area contributed by atoms with Crippen LogP contribution in [0.2, 0.25) is 0 Å². The molecule has 0 aliphatic carbocycles. The lowest BCUT2D eigenvalue weighted by Crippen LogP contribution is -2.18. The van der Waals surface area contributed by atoms with E-state index in [2.05, 4.69) is 30.6 Å². The Kier molecular flexibility index (Phi) is 6.81. The molecule has 0 spiro atoms. The van der Waals surface area contributed by atoms with Crippen molar-refractivity contribution in [2.75, 3.05) is 23.0 Å². The van der Waals surface area contributed by atoms with Gasteiger partial charge < -0.3 is 16.0 Å². The molecule has 1 heterocycles. The Bertz CT molecular complexity index is 1390. The van der Waals surface area contributed by atoms with Gasteiger partial charge in [0, 0.05) is 28.7 Å². The molecule has 1 aromatic heterocycles. The number of rotatable bonds is 8. The molecular weight excluding hydrogens is 452 g/mol. The summed E-state index contributed by atoms with van der Waals surface area (Å²) in [5, 5.41) is 9.08. The maximum atomic E-state index is 12.4. The Morgan fingerprint density at radius 2 is 1.38 bits per heavy atom. The van der Waals surface area contributed by atoms with E-state index in [1.807, 2.05) is 30.3 Å². The van der Waals surface area contributed by atoms with Gasteiger partial charge in [0.25, 0.3) is 5.91 Å². The number of anilines is 5. The van der Waals surface area contributed by atoms with Crippen molar-refractivity contribution in [3.05, 3.63) is 96.8 Å². The number of nitrogens with one attached hydrogen (secondary N) is 4. The van der Waals surface area contributed by atoms with Gasteiger partial charge in [-0.25, -0.2) is 23.1 Å². The zero-order chi connectivity index (χ0) is 24.0. The lowest BCUT2D eigenvalue weighted by atomic mass is 10.2. The van der Waals surface area contributed by atoms with Gasteiger partial charge in [0.2, 0.25) is 10.0 Å². The molecule has 0 saturated carbocycles. The van der Waals surface area contributed by atoms with Gasteiger partial charge in [-0.1, -0.05) is 24.3 Å². The number of para-hydroxylation sites is 1. The van der Waals surface area contributed by atoms with Crippen molar-refractivity contribution in [1.82, 2.24) is 14.7 Å². The molecule has 0 radical (unpaired) electrons. The second-order valence-electron chi connectivity index (χ2n) is 7.17. The van der Waals surface area contributed by atoms with E-state index >= 15 is 0 Å². The Balaban J connectivity index is 1.43. The van der Waals surface area contributed by atoms with E-state index in [0.29, 0.717) is 22.9 Å². The molecule has 3 aromatic carbocycles. The summed E-state index contributed by atoms with van der Waals surface area (Å²) in [6.07, 6.45) is 1.39. The van der Waals surface area contributed by atoms with E-state index in [9.17, 15) is 13.2 Å². The largest absolute Gasteiger partial charge is 0.340 e. The molecule has 34 heavy (non-hydrogen) atoms. The fourth-order valence-electron chi connectivity index (χ4n) is 3.08. The van der Waals surface area contributed by atoms with Gasteiger partial charge in [-0.15, -0.1) is 0 Å². The summed E-state index contributed by atoms with van der Waals surface area (Å²) in [7, 11) is -2.19. The molecule has 1 amide bonds. The minimum absolute atomic E-state index is 0.142. The molecule has 4 rings (SSSR count). The molecule has 0 atom stereocenters. The standard InChI is InChI=1S/C24H22N6O3S/c1-25-34(32,33)21-9-5-8-20(14-21)29-23-15-22(26-16-27-23)28-19-12-10-17(11-13-19)24(31)30-18-6-3-2-4-7-18/h2-16,25H,1H3,(H,30,31)(H2,26,27,28,29). The van der Waals surface area contributed by atoms with Crippen LogP contribution in [0, 0.1) is 0 Å². The van der Waals surface area contributed by atoms with Crippen LogP contribution in [-0.2, 0) is 10.0 Å². The van der Waals surface area contributed by atoms with Gasteiger partial charge in [0.15, 0.2) is 0 Å². The summed E-state index contributed by atoms with van der Waals surface area (Å²) >= 11 is 0. The highest BCUT2D eigenvalue weighted by Crippen LogP contribution is 2.22. The number of nitrogens with zero attached hydrogens (tertiary/aromatic N) is 2. The minimum atomic E-state index is -3.55. The van der Waals surface area contributed by atoms with Gasteiger partial charge in [-0.3, -0.25) is 4.79 Å². The predicted molar refractivity (Wildman–Crippen MR) is 132 cm³/mol. The fraction of sp³-hybridized carbons (Fsp3) is 0.0417. The second-order valence-corrected chi connectivity index (χ2v) is 9.06. The highest BCUT2D eigenvalue weighted by Gasteiger charge is 2.12. The van der Waals surface area contributed by atoms with E-state index in [0.717, 1.165) is 11.4 Å². The van der Waals surface area contributed by atoms with Crippen LogP contribution in [0.5, 0.6) is 0 Å². The number of carbonyl (C=O) groups is 1. The predicted octanol–water partition coefficient (Wildman–Crippen LogP) is 4.12. The van der Waals surface area contributed by atoms with Crippen molar-refractivity contribution in [3.8, 4) is 0 Å². The van der Waals surface area contributed by atoms with Gasteiger partial charge in [0.05, 0.1) is 4.90 Å². The topological polar surface area (TPSA) is 125 Å². The fourth-order valence-corrected chi connectivity index (χ4v) is 3.85. The van der Waals surface area contributed by atoms with E-state index < -0.39 is 10.0 Å². The number of benzene rings is 3. The minimum Gasteiger partial charge on any atom is -0.340 e. The van der Waals surface area contributed by atoms with Crippen molar-refractivity contribution in [2.24, 2.45) is 0 Å². The molecule has 172 valence electrons. The molecule has 0 saturated heterocycles. The Hall–Kier alpha value is -4.28. The quantitative estimate of drug-likeness (QED) is 0.303. The van der Waals surface area contributed by atoms with Crippen LogP contribution in [0.1, 0.15) is 10.4 Å². The molecule has 0 aliphatic rings. The number of hydrogen-bond acceptors (Lipinski definition) is 7. The van der Waals surface area contributed by atoms with Gasteiger partial charge in [0.1, 0.15) is 18.0 Å². The second kappa shape index (κ2) is 10.1. The summed E-state index contributed by atoms with van der Waals surface area (Å²) in [5.74, 6) is 0.808. The van der Waals surface area contributed by atoms with Gasteiger partial charge >= 0.3 is 0 Å². The third-order valence-corrected chi connectivity index (χ3v) is 6.22. The number of carbonyl (C=O) groups excluding carboxylic acids is 1. The molecule has 0 unspecified atom stereocenters. The molecule has 10 heteroatoms. The highest BCUT2D eigenvalue weighted by atomic mass is 32.2. The average Bonchev–Trinajstić information content (AvgIpc) is 2.85. The first-order chi connectivity index (χ1) is 16.4. The molecule has 4 N–H and O–H groups in total. The lowest BCUT2D eigenvalue weighted by Gasteiger charge is -2.10. The zero-order valence-electron chi connectivity index (χ0n) is 18.2. The van der Waals surface area contributed by atoms with Crippen molar-refractivity contribution >= 4 is 44.6 Å². The Morgan fingerprint density at radius 1 is 0.735 bits per heavy atom. The van der Waals surface area contributed by atoms with Crippen LogP contribution < -0.4 is 20.7 Å². The van der Waals surface area contributed by atoms with Crippen LogP contribution >= 0.6 is 0 Å². The van der Waals surface area contributed by atoms with Crippen LogP contribution in [0.4, 0.5) is 28.7 Å². The van der Waals surface area contributed by atoms with Crippen LogP contribution in [0.15, 0.2) is 96.2 Å². The lowest BCUT2D eigenvalue weighted by molar-refractivity contribution is 0.102. The smallest absolute Gasteiger partial charge is 0.255 e. The van der Waals surface area contributed by atoms with Crippen molar-refractivity contribution in [1.29, 1.82) is 0 Å². The van der Waals surface area contributed by atoms with E-state index in [1.165, 1.54) is 25.5 Å². The average molecular weight is 475 g/mol. The molecule has 0 aliphatic heterocycles. The maximum absolute atomic E-state index is 12.4. The summed E-state index contributed by atoms with van der Waals surface area (Å²) in [6, 6.07) is 24.3. The number of amides is 1. The number of aromatic nitrogens is 2. The Morgan fingerprint density at radius 3 is 2.06 bits per heavy atom. The highest BCUT2D eigenvalue weighted by molar-refractivity contribution is 7.89. The zero-order valence-corrected chi connectivity index (χ0v) is 19.0. The summed E-state index contributed by atoms with van der Waals surface area (Å²) < 4.78 is 26.3. The Labute approximate surface area is 197 Å². The first kappa shape index (κ1) is 22.9. The van der Waals surface area contributed by atoms with E-state index in [-0.39, 0.29) is 10.8 Å². The third-order valence-electron chi connectivity index (χ3n) is 4.80.